The lowest BCUT2D eigenvalue weighted by Crippen LogP contribution is -2.13. The Hall–Kier alpha value is -1.78. The lowest BCUT2D eigenvalue weighted by Gasteiger charge is -2.03. The summed E-state index contributed by atoms with van der Waals surface area (Å²) in [7, 11) is 0. The van der Waals surface area contributed by atoms with Crippen molar-refractivity contribution in [1.29, 1.82) is 0 Å². The summed E-state index contributed by atoms with van der Waals surface area (Å²) in [5.74, 6) is 0. The lowest BCUT2D eigenvalue weighted by molar-refractivity contribution is 0.224. The van der Waals surface area contributed by atoms with E-state index in [1.165, 1.54) is 0 Å². The fourth-order valence-corrected chi connectivity index (χ4v) is 1.55. The highest BCUT2D eigenvalue weighted by Gasteiger charge is 2.08. The Morgan fingerprint density at radius 2 is 2.19 bits per heavy atom. The summed E-state index contributed by atoms with van der Waals surface area (Å²) in [6.45, 7) is 3.48. The van der Waals surface area contributed by atoms with Crippen LogP contribution in [0.3, 0.4) is 0 Å². The monoisotopic (exact) mass is 237 g/mol. The fraction of sp³-hybridized carbons (Fsp3) is 0. The molecule has 0 radical (unpaired) electrons. The van der Waals surface area contributed by atoms with Crippen molar-refractivity contribution in [3.8, 4) is 0 Å². The Bertz CT molecular complexity index is 618. The van der Waals surface area contributed by atoms with Crippen molar-refractivity contribution in [3.63, 3.8) is 0 Å². The third-order valence-corrected chi connectivity index (χ3v) is 2.39. The van der Waals surface area contributed by atoms with Crippen molar-refractivity contribution in [2.24, 2.45) is 0 Å². The Morgan fingerprint density at radius 3 is 2.88 bits per heavy atom. The fourth-order valence-electron chi connectivity index (χ4n) is 1.36. The normalized spacial score (nSPS) is 10.4. The number of benzene rings is 1. The second-order valence-corrected chi connectivity index (χ2v) is 3.66. The molecule has 0 saturated heterocycles. The third-order valence-electron chi connectivity index (χ3n) is 2.15. The van der Waals surface area contributed by atoms with E-state index in [-0.39, 0.29) is 11.3 Å². The predicted molar refractivity (Wildman–Crippen MR) is 61.5 cm³/mol. The molecule has 1 heterocycles. The molecule has 0 bridgehead atoms. The van der Waals surface area contributed by atoms with Crippen LogP contribution in [-0.4, -0.2) is 5.21 Å². The van der Waals surface area contributed by atoms with Gasteiger partial charge in [-0.3, -0.25) is 10.7 Å². The molecule has 2 N–H and O–H groups in total. The topological polar surface area (TPSA) is 62.5 Å². The van der Waals surface area contributed by atoms with Crippen LogP contribution >= 0.6 is 11.6 Å². The SMILES string of the molecule is C=C(NO)c1cc2cc(Cl)ccc2oc1=O. The van der Waals surface area contributed by atoms with Gasteiger partial charge in [-0.1, -0.05) is 18.2 Å². The summed E-state index contributed by atoms with van der Waals surface area (Å²) in [5.41, 5.74) is 1.92. The van der Waals surface area contributed by atoms with Gasteiger partial charge in [0.15, 0.2) is 0 Å². The molecule has 1 aromatic carbocycles. The van der Waals surface area contributed by atoms with Crippen LogP contribution in [0.15, 0.2) is 40.1 Å². The largest absolute Gasteiger partial charge is 0.422 e. The molecule has 0 unspecified atom stereocenters. The van der Waals surface area contributed by atoms with Crippen molar-refractivity contribution in [3.05, 3.63) is 51.9 Å². The van der Waals surface area contributed by atoms with E-state index in [0.29, 0.717) is 16.0 Å². The van der Waals surface area contributed by atoms with Gasteiger partial charge in [0.2, 0.25) is 0 Å². The Kier molecular flexibility index (Phi) is 2.68. The van der Waals surface area contributed by atoms with Gasteiger partial charge in [0, 0.05) is 10.4 Å². The van der Waals surface area contributed by atoms with Crippen LogP contribution in [0, 0.1) is 0 Å². The molecule has 2 aromatic rings. The molecule has 0 aliphatic rings. The Balaban J connectivity index is 2.74. The summed E-state index contributed by atoms with van der Waals surface area (Å²) >= 11 is 5.82. The van der Waals surface area contributed by atoms with Gasteiger partial charge in [0.25, 0.3) is 0 Å². The number of halogens is 1. The molecule has 0 aliphatic carbocycles. The molecule has 0 aliphatic heterocycles. The standard InChI is InChI=1S/C11H8ClNO3/c1-6(13-15)9-5-7-4-8(12)2-3-10(7)16-11(9)14/h2-5,13,15H,1H2. The first kappa shape index (κ1) is 10.7. The van der Waals surface area contributed by atoms with Gasteiger partial charge in [0.1, 0.15) is 5.58 Å². The number of hydroxylamine groups is 1. The van der Waals surface area contributed by atoms with Crippen LogP contribution in [0.25, 0.3) is 16.7 Å². The van der Waals surface area contributed by atoms with Crippen LogP contribution in [-0.2, 0) is 0 Å². The Morgan fingerprint density at radius 1 is 1.44 bits per heavy atom. The van der Waals surface area contributed by atoms with Crippen molar-refractivity contribution >= 4 is 28.3 Å². The maximum Gasteiger partial charge on any atom is 0.345 e. The second kappa shape index (κ2) is 4.00. The molecule has 0 amide bonds. The summed E-state index contributed by atoms with van der Waals surface area (Å²) < 4.78 is 5.04. The number of rotatable bonds is 2. The van der Waals surface area contributed by atoms with Crippen molar-refractivity contribution in [2.75, 3.05) is 0 Å². The predicted octanol–water partition coefficient (Wildman–Crippen LogP) is 2.40. The van der Waals surface area contributed by atoms with Crippen molar-refractivity contribution < 1.29 is 9.62 Å². The van der Waals surface area contributed by atoms with Crippen LogP contribution < -0.4 is 11.1 Å². The number of hydrogen-bond donors (Lipinski definition) is 2. The lowest BCUT2D eigenvalue weighted by atomic mass is 10.1. The maximum absolute atomic E-state index is 11.5. The average molecular weight is 238 g/mol. The summed E-state index contributed by atoms with van der Waals surface area (Å²) in [4.78, 5) is 11.5. The van der Waals surface area contributed by atoms with E-state index >= 15 is 0 Å². The van der Waals surface area contributed by atoms with Crippen molar-refractivity contribution in [1.82, 2.24) is 5.48 Å². The van der Waals surface area contributed by atoms with E-state index in [4.69, 9.17) is 21.2 Å². The highest BCUT2D eigenvalue weighted by Crippen LogP contribution is 2.20. The second-order valence-electron chi connectivity index (χ2n) is 3.22. The molecule has 4 nitrogen and oxygen atoms in total. The number of fused-ring (bicyclic) bond motifs is 1. The van der Waals surface area contributed by atoms with Gasteiger partial charge in [-0.25, -0.2) is 4.79 Å². The van der Waals surface area contributed by atoms with E-state index < -0.39 is 5.63 Å². The highest BCUT2D eigenvalue weighted by atomic mass is 35.5. The number of nitrogens with one attached hydrogen (secondary N) is 1. The molecule has 82 valence electrons. The molecule has 16 heavy (non-hydrogen) atoms. The number of hydrogen-bond acceptors (Lipinski definition) is 4. The molecule has 2 rings (SSSR count). The molecule has 0 atom stereocenters. The van der Waals surface area contributed by atoms with E-state index in [1.807, 2.05) is 5.48 Å². The average Bonchev–Trinajstić information content (AvgIpc) is 2.28. The molecule has 5 heteroatoms. The summed E-state index contributed by atoms with van der Waals surface area (Å²) in [6.07, 6.45) is 0. The minimum Gasteiger partial charge on any atom is -0.422 e. The van der Waals surface area contributed by atoms with E-state index in [0.717, 1.165) is 0 Å². The summed E-state index contributed by atoms with van der Waals surface area (Å²) in [5, 5.41) is 9.89. The van der Waals surface area contributed by atoms with Gasteiger partial charge in [0.05, 0.1) is 11.3 Å². The first-order valence-corrected chi connectivity index (χ1v) is 4.82. The molecular formula is C11H8ClNO3. The van der Waals surface area contributed by atoms with Crippen molar-refractivity contribution in [2.45, 2.75) is 0 Å². The first-order valence-electron chi connectivity index (χ1n) is 4.44. The van der Waals surface area contributed by atoms with Crippen LogP contribution in [0.1, 0.15) is 5.56 Å². The van der Waals surface area contributed by atoms with E-state index in [1.54, 1.807) is 24.3 Å². The highest BCUT2D eigenvalue weighted by molar-refractivity contribution is 6.31. The zero-order chi connectivity index (χ0) is 11.7. The first-order chi connectivity index (χ1) is 7.61. The van der Waals surface area contributed by atoms with E-state index in [2.05, 4.69) is 6.58 Å². The minimum atomic E-state index is -0.568. The minimum absolute atomic E-state index is 0.0793. The molecule has 1 aromatic heterocycles. The van der Waals surface area contributed by atoms with Crippen LogP contribution in [0.4, 0.5) is 0 Å². The molecule has 0 fully saturated rings. The molecule has 0 saturated carbocycles. The maximum atomic E-state index is 11.5. The molecule has 0 spiro atoms. The zero-order valence-corrected chi connectivity index (χ0v) is 8.91. The van der Waals surface area contributed by atoms with Gasteiger partial charge < -0.3 is 4.42 Å². The smallest absolute Gasteiger partial charge is 0.345 e. The van der Waals surface area contributed by atoms with Gasteiger partial charge in [-0.2, -0.15) is 0 Å². The zero-order valence-electron chi connectivity index (χ0n) is 8.16. The van der Waals surface area contributed by atoms with E-state index in [9.17, 15) is 4.79 Å². The van der Waals surface area contributed by atoms with Gasteiger partial charge in [-0.15, -0.1) is 0 Å². The third kappa shape index (κ3) is 1.80. The quantitative estimate of drug-likeness (QED) is 0.622. The summed E-state index contributed by atoms with van der Waals surface area (Å²) in [6, 6.07) is 6.45. The van der Waals surface area contributed by atoms with Gasteiger partial charge in [-0.05, 0) is 24.3 Å². The van der Waals surface area contributed by atoms with Crippen LogP contribution in [0.5, 0.6) is 0 Å². The van der Waals surface area contributed by atoms with Gasteiger partial charge >= 0.3 is 5.63 Å². The molecular weight excluding hydrogens is 230 g/mol. The Labute approximate surface area is 95.7 Å². The van der Waals surface area contributed by atoms with Crippen LogP contribution in [0.2, 0.25) is 5.02 Å².